The molecule has 0 saturated heterocycles. The zero-order chi connectivity index (χ0) is 16.0. The molecule has 2 aromatic rings. The van der Waals surface area contributed by atoms with Crippen LogP contribution in [0.15, 0.2) is 15.8 Å². The van der Waals surface area contributed by atoms with E-state index in [1.54, 1.807) is 11.3 Å². The first kappa shape index (κ1) is 14.4. The SMILES string of the molecule is N#Cc1cn(C2CC2)c(=O)n(Cc2nc3c(s2)CCCC3)c1=O. The van der Waals surface area contributed by atoms with Gasteiger partial charge in [-0.3, -0.25) is 13.9 Å². The van der Waals surface area contributed by atoms with E-state index in [0.717, 1.165) is 42.8 Å². The number of aryl methyl sites for hydroxylation is 2. The molecule has 0 aliphatic heterocycles. The van der Waals surface area contributed by atoms with E-state index in [0.29, 0.717) is 0 Å². The second-order valence-electron chi connectivity index (χ2n) is 6.15. The van der Waals surface area contributed by atoms with Crippen LogP contribution in [0.1, 0.15) is 52.9 Å². The highest BCUT2D eigenvalue weighted by atomic mass is 32.1. The zero-order valence-electron chi connectivity index (χ0n) is 12.6. The molecule has 0 unspecified atom stereocenters. The number of hydrogen-bond donors (Lipinski definition) is 0. The van der Waals surface area contributed by atoms with E-state index >= 15 is 0 Å². The summed E-state index contributed by atoms with van der Waals surface area (Å²) in [6.45, 7) is 0.164. The van der Waals surface area contributed by atoms with Gasteiger partial charge in [-0.15, -0.1) is 11.3 Å². The summed E-state index contributed by atoms with van der Waals surface area (Å²) in [5.74, 6) is 0. The Labute approximate surface area is 136 Å². The third-order valence-electron chi connectivity index (χ3n) is 4.44. The van der Waals surface area contributed by atoms with Crippen molar-refractivity contribution in [1.29, 1.82) is 5.26 Å². The van der Waals surface area contributed by atoms with Gasteiger partial charge in [0.15, 0.2) is 0 Å². The quantitative estimate of drug-likeness (QED) is 0.857. The van der Waals surface area contributed by atoms with Crippen molar-refractivity contribution in [3.05, 3.63) is 48.2 Å². The molecule has 7 heteroatoms. The molecule has 0 atom stereocenters. The van der Waals surface area contributed by atoms with Crippen LogP contribution in [-0.2, 0) is 19.4 Å². The first-order valence-electron chi connectivity index (χ1n) is 7.91. The van der Waals surface area contributed by atoms with Crippen molar-refractivity contribution in [3.8, 4) is 6.07 Å². The van der Waals surface area contributed by atoms with E-state index in [-0.39, 0.29) is 23.8 Å². The Hall–Kier alpha value is -2.20. The molecular formula is C16H16N4O2S. The van der Waals surface area contributed by atoms with Crippen LogP contribution < -0.4 is 11.2 Å². The van der Waals surface area contributed by atoms with Gasteiger partial charge in [0.1, 0.15) is 16.6 Å². The molecular weight excluding hydrogens is 312 g/mol. The maximum absolute atomic E-state index is 12.6. The number of hydrogen-bond acceptors (Lipinski definition) is 5. The second kappa shape index (κ2) is 5.46. The molecule has 0 bridgehead atoms. The summed E-state index contributed by atoms with van der Waals surface area (Å²) in [6.07, 6.45) is 7.59. The van der Waals surface area contributed by atoms with Gasteiger partial charge in [0, 0.05) is 17.1 Å². The Morgan fingerprint density at radius 1 is 1.30 bits per heavy atom. The topological polar surface area (TPSA) is 80.7 Å². The molecule has 2 aliphatic rings. The Kier molecular flexibility index (Phi) is 3.42. The minimum Gasteiger partial charge on any atom is -0.296 e. The first-order valence-corrected chi connectivity index (χ1v) is 8.72. The van der Waals surface area contributed by atoms with Gasteiger partial charge in [-0.2, -0.15) is 5.26 Å². The largest absolute Gasteiger partial charge is 0.331 e. The summed E-state index contributed by atoms with van der Waals surface area (Å²) in [5, 5.41) is 9.95. The van der Waals surface area contributed by atoms with Crippen molar-refractivity contribution in [3.63, 3.8) is 0 Å². The third kappa shape index (κ3) is 2.53. The Morgan fingerprint density at radius 3 is 2.78 bits per heavy atom. The average Bonchev–Trinajstić information content (AvgIpc) is 3.30. The molecule has 0 radical (unpaired) electrons. The first-order chi connectivity index (χ1) is 11.2. The van der Waals surface area contributed by atoms with Crippen molar-refractivity contribution in [2.75, 3.05) is 0 Å². The van der Waals surface area contributed by atoms with Crippen LogP contribution in [-0.4, -0.2) is 14.1 Å². The fraction of sp³-hybridized carbons (Fsp3) is 0.500. The molecule has 2 heterocycles. The van der Waals surface area contributed by atoms with Gasteiger partial charge < -0.3 is 0 Å². The number of aromatic nitrogens is 3. The van der Waals surface area contributed by atoms with E-state index in [1.807, 2.05) is 6.07 Å². The van der Waals surface area contributed by atoms with Gasteiger partial charge >= 0.3 is 5.69 Å². The standard InChI is InChI=1S/C16H16N4O2S/c17-7-10-8-19(11-5-6-11)16(22)20(15(10)21)9-14-18-12-3-1-2-4-13(12)23-14/h8,11H,1-6,9H2. The molecule has 6 nitrogen and oxygen atoms in total. The molecule has 0 amide bonds. The highest BCUT2D eigenvalue weighted by Gasteiger charge is 2.27. The molecule has 2 aliphatic carbocycles. The summed E-state index contributed by atoms with van der Waals surface area (Å²) in [5.41, 5.74) is 0.299. The number of rotatable bonds is 3. The summed E-state index contributed by atoms with van der Waals surface area (Å²) in [6, 6.07) is 2.04. The lowest BCUT2D eigenvalue weighted by molar-refractivity contribution is 0.585. The molecule has 1 fully saturated rings. The van der Waals surface area contributed by atoms with Crippen molar-refractivity contribution in [2.45, 2.75) is 51.1 Å². The number of thiazole rings is 1. The van der Waals surface area contributed by atoms with Crippen LogP contribution in [0.2, 0.25) is 0 Å². The minimum atomic E-state index is -0.512. The van der Waals surface area contributed by atoms with Crippen LogP contribution in [0.25, 0.3) is 0 Å². The summed E-state index contributed by atoms with van der Waals surface area (Å²) < 4.78 is 2.70. The predicted octanol–water partition coefficient (Wildman–Crippen LogP) is 1.60. The van der Waals surface area contributed by atoms with E-state index in [4.69, 9.17) is 5.26 Å². The molecule has 118 valence electrons. The number of nitriles is 1. The van der Waals surface area contributed by atoms with Crippen molar-refractivity contribution >= 4 is 11.3 Å². The molecule has 1 saturated carbocycles. The monoisotopic (exact) mass is 328 g/mol. The van der Waals surface area contributed by atoms with Crippen LogP contribution in [0.4, 0.5) is 0 Å². The Bertz CT molecular complexity index is 904. The van der Waals surface area contributed by atoms with Gasteiger partial charge in [-0.05, 0) is 38.5 Å². The van der Waals surface area contributed by atoms with Gasteiger partial charge in [-0.25, -0.2) is 9.78 Å². The van der Waals surface area contributed by atoms with Crippen LogP contribution in [0, 0.1) is 11.3 Å². The maximum atomic E-state index is 12.6. The maximum Gasteiger partial charge on any atom is 0.331 e. The van der Waals surface area contributed by atoms with Gasteiger partial charge in [-0.1, -0.05) is 0 Å². The highest BCUT2D eigenvalue weighted by molar-refractivity contribution is 7.11. The summed E-state index contributed by atoms with van der Waals surface area (Å²) in [7, 11) is 0. The highest BCUT2D eigenvalue weighted by Crippen LogP contribution is 2.33. The van der Waals surface area contributed by atoms with Crippen LogP contribution >= 0.6 is 11.3 Å². The minimum absolute atomic E-state index is 0.0258. The Morgan fingerprint density at radius 2 is 2.09 bits per heavy atom. The molecule has 0 aromatic carbocycles. The van der Waals surface area contributed by atoms with Crippen molar-refractivity contribution in [1.82, 2.24) is 14.1 Å². The molecule has 2 aromatic heterocycles. The fourth-order valence-electron chi connectivity index (χ4n) is 3.06. The smallest absolute Gasteiger partial charge is 0.296 e. The molecule has 0 N–H and O–H groups in total. The van der Waals surface area contributed by atoms with Gasteiger partial charge in [0.05, 0.1) is 12.2 Å². The average molecular weight is 328 g/mol. The lowest BCUT2D eigenvalue weighted by atomic mass is 10.0. The van der Waals surface area contributed by atoms with Gasteiger partial charge in [0.2, 0.25) is 0 Å². The fourth-order valence-corrected chi connectivity index (χ4v) is 4.21. The lowest BCUT2D eigenvalue weighted by Crippen LogP contribution is -2.40. The normalized spacial score (nSPS) is 16.8. The van der Waals surface area contributed by atoms with E-state index in [2.05, 4.69) is 4.98 Å². The molecule has 4 rings (SSSR count). The lowest BCUT2D eigenvalue weighted by Gasteiger charge is -2.08. The van der Waals surface area contributed by atoms with E-state index in [1.165, 1.54) is 26.6 Å². The third-order valence-corrected chi connectivity index (χ3v) is 5.58. The zero-order valence-corrected chi connectivity index (χ0v) is 13.4. The number of fused-ring (bicyclic) bond motifs is 1. The van der Waals surface area contributed by atoms with Crippen LogP contribution in [0.3, 0.4) is 0 Å². The second-order valence-corrected chi connectivity index (χ2v) is 7.32. The van der Waals surface area contributed by atoms with Crippen LogP contribution in [0.5, 0.6) is 0 Å². The summed E-state index contributed by atoms with van der Waals surface area (Å²) >= 11 is 1.59. The predicted molar refractivity (Wildman–Crippen MR) is 85.8 cm³/mol. The number of nitrogens with zero attached hydrogens (tertiary/aromatic N) is 4. The molecule has 0 spiro atoms. The molecule has 23 heavy (non-hydrogen) atoms. The van der Waals surface area contributed by atoms with E-state index in [9.17, 15) is 9.59 Å². The summed E-state index contributed by atoms with van der Waals surface area (Å²) in [4.78, 5) is 30.8. The van der Waals surface area contributed by atoms with E-state index < -0.39 is 5.56 Å². The van der Waals surface area contributed by atoms with Gasteiger partial charge in [0.25, 0.3) is 5.56 Å². The van der Waals surface area contributed by atoms with Crippen molar-refractivity contribution < 1.29 is 0 Å². The van der Waals surface area contributed by atoms with Crippen molar-refractivity contribution in [2.24, 2.45) is 0 Å². The Balaban J connectivity index is 1.77.